The van der Waals surface area contributed by atoms with Gasteiger partial charge in [0.15, 0.2) is 17.2 Å². The lowest BCUT2D eigenvalue weighted by Gasteiger charge is -2.29. The molecule has 0 aliphatic carbocycles. The van der Waals surface area contributed by atoms with E-state index in [-0.39, 0.29) is 29.1 Å². The first-order valence-electron chi connectivity index (χ1n) is 10.7. The molecule has 1 saturated heterocycles. The van der Waals surface area contributed by atoms with E-state index in [1.165, 1.54) is 0 Å². The normalized spacial score (nSPS) is 19.3. The summed E-state index contributed by atoms with van der Waals surface area (Å²) in [6.07, 6.45) is 1.72. The number of nitrogens with two attached hydrogens (primary N) is 2. The predicted molar refractivity (Wildman–Crippen MR) is 128 cm³/mol. The average molecular weight is 447 g/mol. The summed E-state index contributed by atoms with van der Waals surface area (Å²) in [4.78, 5) is 12.6. The first-order valence-corrected chi connectivity index (χ1v) is 10.7. The number of fused-ring (bicyclic) bond motifs is 1. The number of carbonyl (C=O) groups is 1. The Morgan fingerprint density at radius 1 is 1.30 bits per heavy atom. The zero-order valence-electron chi connectivity index (χ0n) is 18.8. The number of nitrogens with one attached hydrogen (secondary N) is 2. The molecule has 2 aliphatic heterocycles. The van der Waals surface area contributed by atoms with Crippen molar-refractivity contribution in [3.63, 3.8) is 0 Å². The number of nitrogen functional groups attached to an aromatic ring is 1. The minimum atomic E-state index is -0.527. The third kappa shape index (κ3) is 3.92. The van der Waals surface area contributed by atoms with Gasteiger partial charge in [-0.3, -0.25) is 4.79 Å². The molecule has 1 fully saturated rings. The van der Waals surface area contributed by atoms with E-state index in [1.54, 1.807) is 26.4 Å². The van der Waals surface area contributed by atoms with Crippen LogP contribution in [-0.2, 0) is 4.79 Å². The molecule has 33 heavy (non-hydrogen) atoms. The minimum absolute atomic E-state index is 0.0323. The zero-order chi connectivity index (χ0) is 23.7. The van der Waals surface area contributed by atoms with Crippen molar-refractivity contribution >= 4 is 30.6 Å². The summed E-state index contributed by atoms with van der Waals surface area (Å²) in [5.74, 6) is 0.764. The maximum atomic E-state index is 12.6. The molecule has 0 spiro atoms. The molecule has 2 atom stereocenters. The Morgan fingerprint density at radius 3 is 2.73 bits per heavy atom. The van der Waals surface area contributed by atoms with E-state index in [9.17, 15) is 10.1 Å². The molecule has 9 nitrogen and oxygen atoms in total. The summed E-state index contributed by atoms with van der Waals surface area (Å²) in [6, 6.07) is 9.17. The lowest BCUT2D eigenvalue weighted by molar-refractivity contribution is -0.117. The summed E-state index contributed by atoms with van der Waals surface area (Å²) >= 11 is 0. The fraction of sp³-hybridized carbons (Fsp3) is 0.304. The number of carbonyl (C=O) groups excluding carboxylic acids is 1. The summed E-state index contributed by atoms with van der Waals surface area (Å²) in [6.45, 7) is 0.811. The molecule has 6 N–H and O–H groups in total. The van der Waals surface area contributed by atoms with Crippen molar-refractivity contribution in [1.29, 1.82) is 5.26 Å². The average Bonchev–Trinajstić information content (AvgIpc) is 3.35. The van der Waals surface area contributed by atoms with Crippen LogP contribution < -0.4 is 41.8 Å². The van der Waals surface area contributed by atoms with Gasteiger partial charge in [-0.1, -0.05) is 12.1 Å². The fourth-order valence-electron chi connectivity index (χ4n) is 4.47. The molecule has 2 aromatic carbocycles. The van der Waals surface area contributed by atoms with Gasteiger partial charge in [0.25, 0.3) is 0 Å². The Morgan fingerprint density at radius 2 is 2.09 bits per heavy atom. The molecular formula is C23H26BN5O4. The SMILES string of the molecule is Bc1cc(C2C(C#N)=C(N)Oc3c2ccc(NC(=O)C2CCCN2)c3N)cc(OC)c1OC. The fourth-order valence-corrected chi connectivity index (χ4v) is 4.47. The third-order valence-electron chi connectivity index (χ3n) is 6.08. The number of nitriles is 1. The van der Waals surface area contributed by atoms with Crippen LogP contribution in [0.4, 0.5) is 11.4 Å². The molecule has 0 aromatic heterocycles. The van der Waals surface area contributed by atoms with E-state index in [1.807, 2.05) is 20.0 Å². The highest BCUT2D eigenvalue weighted by Crippen LogP contribution is 2.47. The number of ether oxygens (including phenoxy) is 3. The molecule has 170 valence electrons. The number of amides is 1. The van der Waals surface area contributed by atoms with Crippen LogP contribution in [0.5, 0.6) is 17.2 Å². The number of hydrogen-bond donors (Lipinski definition) is 4. The van der Waals surface area contributed by atoms with Crippen LogP contribution in [0.25, 0.3) is 0 Å². The van der Waals surface area contributed by atoms with Crippen LogP contribution >= 0.6 is 0 Å². The van der Waals surface area contributed by atoms with Gasteiger partial charge in [-0.25, -0.2) is 0 Å². The maximum Gasteiger partial charge on any atom is 0.241 e. The smallest absolute Gasteiger partial charge is 0.241 e. The van der Waals surface area contributed by atoms with Gasteiger partial charge in [-0.15, -0.1) is 0 Å². The van der Waals surface area contributed by atoms with Gasteiger partial charge >= 0.3 is 0 Å². The number of hydrogen-bond acceptors (Lipinski definition) is 8. The van der Waals surface area contributed by atoms with Crippen LogP contribution in [-0.4, -0.2) is 40.6 Å². The van der Waals surface area contributed by atoms with E-state index < -0.39 is 5.92 Å². The Kier molecular flexibility index (Phi) is 6.07. The maximum absolute atomic E-state index is 12.6. The van der Waals surface area contributed by atoms with Crippen LogP contribution in [0, 0.1) is 11.3 Å². The summed E-state index contributed by atoms with van der Waals surface area (Å²) in [5.41, 5.74) is 15.8. The summed E-state index contributed by atoms with van der Waals surface area (Å²) < 4.78 is 16.7. The van der Waals surface area contributed by atoms with Crippen molar-refractivity contribution in [3.8, 4) is 23.3 Å². The Hall–Kier alpha value is -3.84. The molecule has 4 rings (SSSR count). The predicted octanol–water partition coefficient (Wildman–Crippen LogP) is 0.453. The number of methoxy groups -OCH3 is 2. The number of nitrogens with zero attached hydrogens (tertiary/aromatic N) is 1. The van der Waals surface area contributed by atoms with Crippen molar-refractivity contribution < 1.29 is 19.0 Å². The molecule has 1 amide bonds. The molecule has 2 aromatic rings. The molecule has 2 unspecified atom stereocenters. The van der Waals surface area contributed by atoms with E-state index in [0.29, 0.717) is 28.5 Å². The standard InChI is InChI=1S/C23H26BN5O4/c1-31-17-9-11(8-14(24)21(17)32-2)18-12-5-6-15(29-23(30)16-4-3-7-28-16)19(26)20(12)33-22(27)13(18)10-25/h5-6,8-9,16,18,28H,3-4,7,24,26-27H2,1-2H3,(H,29,30). The quantitative estimate of drug-likeness (QED) is 0.382. The van der Waals surface area contributed by atoms with E-state index in [0.717, 1.165) is 30.4 Å². The number of rotatable bonds is 5. The Bertz CT molecular complexity index is 1180. The lowest BCUT2D eigenvalue weighted by Crippen LogP contribution is -2.35. The van der Waals surface area contributed by atoms with E-state index in [4.69, 9.17) is 25.7 Å². The van der Waals surface area contributed by atoms with Crippen molar-refractivity contribution in [2.24, 2.45) is 5.73 Å². The second-order valence-electron chi connectivity index (χ2n) is 8.08. The van der Waals surface area contributed by atoms with Gasteiger partial charge < -0.3 is 36.3 Å². The molecule has 2 heterocycles. The molecule has 2 aliphatic rings. The number of anilines is 2. The molecular weight excluding hydrogens is 421 g/mol. The first-order chi connectivity index (χ1) is 15.9. The van der Waals surface area contributed by atoms with Crippen LogP contribution in [0.15, 0.2) is 35.7 Å². The van der Waals surface area contributed by atoms with Gasteiger partial charge in [-0.05, 0) is 42.5 Å². The van der Waals surface area contributed by atoms with Crippen LogP contribution in [0.1, 0.15) is 29.9 Å². The van der Waals surface area contributed by atoms with Crippen molar-refractivity contribution in [3.05, 3.63) is 46.8 Å². The van der Waals surface area contributed by atoms with Crippen molar-refractivity contribution in [2.75, 3.05) is 31.8 Å². The van der Waals surface area contributed by atoms with E-state index in [2.05, 4.69) is 16.7 Å². The topological polar surface area (TPSA) is 145 Å². The van der Waals surface area contributed by atoms with Crippen molar-refractivity contribution in [1.82, 2.24) is 5.32 Å². The zero-order valence-corrected chi connectivity index (χ0v) is 18.8. The van der Waals surface area contributed by atoms with Crippen LogP contribution in [0.2, 0.25) is 0 Å². The monoisotopic (exact) mass is 447 g/mol. The highest BCUT2D eigenvalue weighted by atomic mass is 16.5. The van der Waals surface area contributed by atoms with Gasteiger partial charge in [0, 0.05) is 5.56 Å². The van der Waals surface area contributed by atoms with Gasteiger partial charge in [0.2, 0.25) is 11.8 Å². The van der Waals surface area contributed by atoms with Gasteiger partial charge in [0.1, 0.15) is 19.5 Å². The minimum Gasteiger partial charge on any atom is -0.493 e. The highest BCUT2D eigenvalue weighted by molar-refractivity contribution is 6.34. The van der Waals surface area contributed by atoms with Gasteiger partial charge in [0.05, 0.1) is 37.6 Å². The second-order valence-corrected chi connectivity index (χ2v) is 8.08. The van der Waals surface area contributed by atoms with Crippen LogP contribution in [0.3, 0.4) is 0 Å². The summed E-state index contributed by atoms with van der Waals surface area (Å²) in [7, 11) is 5.03. The first kappa shape index (κ1) is 22.4. The third-order valence-corrected chi connectivity index (χ3v) is 6.08. The Balaban J connectivity index is 1.79. The molecule has 10 heteroatoms. The molecule has 0 saturated carbocycles. The number of allylic oxidation sites excluding steroid dienone is 1. The number of benzene rings is 2. The second kappa shape index (κ2) is 8.96. The lowest BCUT2D eigenvalue weighted by atomic mass is 9.80. The van der Waals surface area contributed by atoms with E-state index >= 15 is 0 Å². The molecule has 0 radical (unpaired) electrons. The summed E-state index contributed by atoms with van der Waals surface area (Å²) in [5, 5.41) is 15.9. The Labute approximate surface area is 193 Å². The largest absolute Gasteiger partial charge is 0.493 e. The highest BCUT2D eigenvalue weighted by Gasteiger charge is 2.34. The van der Waals surface area contributed by atoms with Gasteiger partial charge in [-0.2, -0.15) is 5.26 Å². The van der Waals surface area contributed by atoms with Crippen molar-refractivity contribution in [2.45, 2.75) is 24.8 Å². The molecule has 0 bridgehead atoms.